The Hall–Kier alpha value is -3.40. The molecule has 2 N–H and O–H groups in total. The molecule has 0 radical (unpaired) electrons. The smallest absolute Gasteiger partial charge is 0.339 e. The van der Waals surface area contributed by atoms with Gasteiger partial charge < -0.3 is 14.8 Å². The van der Waals surface area contributed by atoms with E-state index in [-0.39, 0.29) is 15.5 Å². The third-order valence-corrected chi connectivity index (χ3v) is 6.54. The number of hydrogen-bond acceptors (Lipinski definition) is 6. The molecule has 3 aromatic carbocycles. The molecule has 0 saturated heterocycles. The van der Waals surface area contributed by atoms with Crippen molar-refractivity contribution >= 4 is 39.2 Å². The lowest BCUT2D eigenvalue weighted by atomic mass is 10.1. The lowest BCUT2D eigenvalue weighted by Crippen LogP contribution is -2.26. The molecule has 0 aliphatic heterocycles. The fourth-order valence-electron chi connectivity index (χ4n) is 2.90. The van der Waals surface area contributed by atoms with Crippen molar-refractivity contribution in [1.29, 1.82) is 0 Å². The van der Waals surface area contributed by atoms with Gasteiger partial charge in [0.05, 0.1) is 17.7 Å². The van der Waals surface area contributed by atoms with Gasteiger partial charge in [-0.15, -0.1) is 0 Å². The summed E-state index contributed by atoms with van der Waals surface area (Å²) in [7, 11) is -1.15. The van der Waals surface area contributed by atoms with Crippen molar-refractivity contribution in [2.75, 3.05) is 19.5 Å². The summed E-state index contributed by atoms with van der Waals surface area (Å²) in [5, 5.41) is 2.65. The van der Waals surface area contributed by atoms with Crippen LogP contribution in [-0.2, 0) is 19.6 Å². The quantitative estimate of drug-likeness (QED) is 0.467. The summed E-state index contributed by atoms with van der Waals surface area (Å²) in [5.41, 5.74) is 0.840. The number of esters is 1. The van der Waals surface area contributed by atoms with Gasteiger partial charge in [-0.05, 0) is 49.5 Å². The van der Waals surface area contributed by atoms with Crippen LogP contribution in [0.5, 0.6) is 5.75 Å². The Kier molecular flexibility index (Phi) is 7.70. The Morgan fingerprint density at radius 3 is 2.24 bits per heavy atom. The first-order chi connectivity index (χ1) is 15.7. The number of benzene rings is 3. The number of sulfonamides is 1. The number of ether oxygens (including phenoxy) is 2. The molecule has 33 heavy (non-hydrogen) atoms. The maximum absolute atomic E-state index is 13.0. The molecule has 1 atom stereocenters. The second-order valence-electron chi connectivity index (χ2n) is 6.77. The van der Waals surface area contributed by atoms with Crippen molar-refractivity contribution in [1.82, 2.24) is 4.72 Å². The number of nitrogens with one attached hydrogen (secondary N) is 2. The minimum Gasteiger partial charge on any atom is -0.497 e. The fourth-order valence-corrected chi connectivity index (χ4v) is 4.15. The van der Waals surface area contributed by atoms with Gasteiger partial charge in [0.15, 0.2) is 0 Å². The molecule has 3 aromatic rings. The van der Waals surface area contributed by atoms with Crippen LogP contribution < -0.4 is 14.8 Å². The van der Waals surface area contributed by atoms with Gasteiger partial charge >= 0.3 is 5.97 Å². The highest BCUT2D eigenvalue weighted by Crippen LogP contribution is 2.26. The first kappa shape index (κ1) is 24.2. The van der Waals surface area contributed by atoms with E-state index in [0.717, 1.165) is 6.07 Å². The predicted molar refractivity (Wildman–Crippen MR) is 124 cm³/mol. The zero-order chi connectivity index (χ0) is 24.0. The standard InChI is InChI=1S/C23H21ClN2O6S/c1-25-33(29,30)20-14-16(8-13-19(20)24)23(28)32-21(15-6-4-3-5-7-15)22(27)26-17-9-11-18(31-2)12-10-17/h3-14,21,25H,1-2H3,(H,26,27)/t21-/m0/s1. The number of carbonyl (C=O) groups is 2. The SMILES string of the molecule is CNS(=O)(=O)c1cc(C(=O)O[C@H](C(=O)Nc2ccc(OC)cc2)c2ccccc2)ccc1Cl. The van der Waals surface area contributed by atoms with E-state index in [0.29, 0.717) is 17.0 Å². The second-order valence-corrected chi connectivity index (χ2v) is 9.03. The van der Waals surface area contributed by atoms with E-state index in [9.17, 15) is 18.0 Å². The zero-order valence-corrected chi connectivity index (χ0v) is 19.3. The molecule has 8 nitrogen and oxygen atoms in total. The molecule has 0 aliphatic carbocycles. The molecule has 10 heteroatoms. The highest BCUT2D eigenvalue weighted by Gasteiger charge is 2.27. The summed E-state index contributed by atoms with van der Waals surface area (Å²) >= 11 is 5.98. The number of carbonyl (C=O) groups excluding carboxylic acids is 2. The van der Waals surface area contributed by atoms with Gasteiger partial charge in [-0.3, -0.25) is 4.79 Å². The van der Waals surface area contributed by atoms with Crippen LogP contribution in [-0.4, -0.2) is 34.5 Å². The molecule has 172 valence electrons. The molecule has 0 aliphatic rings. The predicted octanol–water partition coefficient (Wildman–Crippen LogP) is 3.79. The molecule has 0 heterocycles. The highest BCUT2D eigenvalue weighted by atomic mass is 35.5. The Morgan fingerprint density at radius 1 is 0.970 bits per heavy atom. The molecule has 0 aromatic heterocycles. The summed E-state index contributed by atoms with van der Waals surface area (Å²) in [6.45, 7) is 0. The van der Waals surface area contributed by atoms with Crippen molar-refractivity contribution in [3.05, 3.63) is 88.9 Å². The lowest BCUT2D eigenvalue weighted by molar-refractivity contribution is -0.125. The summed E-state index contributed by atoms with van der Waals surface area (Å²) in [5.74, 6) is -0.858. The second kappa shape index (κ2) is 10.5. The van der Waals surface area contributed by atoms with Gasteiger partial charge in [-0.2, -0.15) is 0 Å². The van der Waals surface area contributed by atoms with Gasteiger partial charge in [0, 0.05) is 11.3 Å². The van der Waals surface area contributed by atoms with Crippen LogP contribution in [0, 0.1) is 0 Å². The Bertz CT molecular complexity index is 1250. The number of hydrogen-bond donors (Lipinski definition) is 2. The summed E-state index contributed by atoms with van der Waals surface area (Å²) in [4.78, 5) is 25.6. The van der Waals surface area contributed by atoms with E-state index < -0.39 is 28.0 Å². The van der Waals surface area contributed by atoms with Crippen molar-refractivity contribution in [2.24, 2.45) is 0 Å². The molecule has 0 fully saturated rings. The van der Waals surface area contributed by atoms with E-state index in [1.165, 1.54) is 26.3 Å². The van der Waals surface area contributed by atoms with E-state index >= 15 is 0 Å². The van der Waals surface area contributed by atoms with Crippen LogP contribution in [0.15, 0.2) is 77.7 Å². The van der Waals surface area contributed by atoms with E-state index in [1.807, 2.05) is 0 Å². The van der Waals surface area contributed by atoms with Gasteiger partial charge in [0.2, 0.25) is 16.1 Å². The molecular weight excluding hydrogens is 468 g/mol. The van der Waals surface area contributed by atoms with Crippen LogP contribution in [0.1, 0.15) is 22.0 Å². The topological polar surface area (TPSA) is 111 Å². The Morgan fingerprint density at radius 2 is 1.64 bits per heavy atom. The Balaban J connectivity index is 1.89. The molecule has 1 amide bonds. The minimum absolute atomic E-state index is 0.0576. The number of methoxy groups -OCH3 is 1. The normalized spacial score (nSPS) is 12.0. The van der Waals surface area contributed by atoms with Crippen molar-refractivity contribution in [3.63, 3.8) is 0 Å². The monoisotopic (exact) mass is 488 g/mol. The number of halogens is 1. The summed E-state index contributed by atoms with van der Waals surface area (Å²) in [6.07, 6.45) is -1.29. The minimum atomic E-state index is -3.91. The number of amides is 1. The van der Waals surface area contributed by atoms with Gasteiger partial charge in [-0.25, -0.2) is 17.9 Å². The number of anilines is 1. The van der Waals surface area contributed by atoms with Crippen LogP contribution >= 0.6 is 11.6 Å². The third kappa shape index (κ3) is 5.89. The highest BCUT2D eigenvalue weighted by molar-refractivity contribution is 7.89. The van der Waals surface area contributed by atoms with Crippen LogP contribution in [0.2, 0.25) is 5.02 Å². The zero-order valence-electron chi connectivity index (χ0n) is 17.7. The molecule has 0 bridgehead atoms. The molecule has 0 unspecified atom stereocenters. The van der Waals surface area contributed by atoms with Crippen LogP contribution in [0.25, 0.3) is 0 Å². The molecular formula is C23H21ClN2O6S. The average molecular weight is 489 g/mol. The average Bonchev–Trinajstić information content (AvgIpc) is 2.83. The van der Waals surface area contributed by atoms with Crippen molar-refractivity contribution in [2.45, 2.75) is 11.0 Å². The van der Waals surface area contributed by atoms with Gasteiger partial charge in [-0.1, -0.05) is 41.9 Å². The maximum atomic E-state index is 13.0. The molecule has 0 saturated carbocycles. The van der Waals surface area contributed by atoms with E-state index in [2.05, 4.69) is 10.0 Å². The molecule has 3 rings (SSSR count). The third-order valence-electron chi connectivity index (χ3n) is 4.65. The van der Waals surface area contributed by atoms with Crippen LogP contribution in [0.3, 0.4) is 0 Å². The largest absolute Gasteiger partial charge is 0.497 e. The Labute approximate surface area is 196 Å². The fraction of sp³-hybridized carbons (Fsp3) is 0.130. The van der Waals surface area contributed by atoms with Crippen molar-refractivity contribution in [3.8, 4) is 5.75 Å². The number of rotatable bonds is 8. The lowest BCUT2D eigenvalue weighted by Gasteiger charge is -2.18. The van der Waals surface area contributed by atoms with Crippen molar-refractivity contribution < 1.29 is 27.5 Å². The van der Waals surface area contributed by atoms with Gasteiger partial charge in [0.25, 0.3) is 5.91 Å². The van der Waals surface area contributed by atoms with E-state index in [4.69, 9.17) is 21.1 Å². The van der Waals surface area contributed by atoms with E-state index in [1.54, 1.807) is 54.6 Å². The summed E-state index contributed by atoms with van der Waals surface area (Å²) < 4.78 is 37.1. The molecule has 0 spiro atoms. The van der Waals surface area contributed by atoms with Gasteiger partial charge in [0.1, 0.15) is 10.6 Å². The first-order valence-electron chi connectivity index (χ1n) is 9.69. The maximum Gasteiger partial charge on any atom is 0.339 e. The van der Waals surface area contributed by atoms with Crippen LogP contribution in [0.4, 0.5) is 5.69 Å². The first-order valence-corrected chi connectivity index (χ1v) is 11.5. The summed E-state index contributed by atoms with van der Waals surface area (Å²) in [6, 6.07) is 18.8.